The molecule has 1 rings (SSSR count). The van der Waals surface area contributed by atoms with E-state index in [4.69, 9.17) is 0 Å². The van der Waals surface area contributed by atoms with E-state index >= 15 is 0 Å². The van der Waals surface area contributed by atoms with E-state index in [1.54, 1.807) is 25.3 Å². The first-order valence-corrected chi connectivity index (χ1v) is 6.62. The third kappa shape index (κ3) is 4.31. The van der Waals surface area contributed by atoms with Crippen molar-refractivity contribution in [1.82, 2.24) is 4.90 Å². The molecule has 0 fully saturated rings. The van der Waals surface area contributed by atoms with Crippen molar-refractivity contribution in [2.45, 2.75) is 11.1 Å². The standard InChI is InChI=1S/C13H14F3NOS/c1-17(2)7-6-11(18)10-8-9(13(14,15)16)4-5-12(10)19-3/h4-8H,1-3H3/b7-6+. The van der Waals surface area contributed by atoms with E-state index in [-0.39, 0.29) is 5.56 Å². The minimum absolute atomic E-state index is 0.0698. The van der Waals surface area contributed by atoms with Gasteiger partial charge in [0.2, 0.25) is 0 Å². The Kier molecular flexibility index (Phi) is 5.05. The highest BCUT2D eigenvalue weighted by Crippen LogP contribution is 2.32. The van der Waals surface area contributed by atoms with E-state index in [1.807, 2.05) is 0 Å². The largest absolute Gasteiger partial charge is 0.416 e. The summed E-state index contributed by atoms with van der Waals surface area (Å²) >= 11 is 1.24. The molecule has 0 unspecified atom stereocenters. The Hall–Kier alpha value is -1.43. The maximum Gasteiger partial charge on any atom is 0.416 e. The second-order valence-electron chi connectivity index (χ2n) is 4.06. The molecule has 2 nitrogen and oxygen atoms in total. The molecular formula is C13H14F3NOS. The van der Waals surface area contributed by atoms with Gasteiger partial charge in [0, 0.05) is 36.8 Å². The van der Waals surface area contributed by atoms with Gasteiger partial charge in [-0.25, -0.2) is 0 Å². The molecule has 0 aliphatic carbocycles. The molecule has 0 aliphatic heterocycles. The number of halogens is 3. The summed E-state index contributed by atoms with van der Waals surface area (Å²) in [6.45, 7) is 0. The van der Waals surface area contributed by atoms with Gasteiger partial charge in [-0.3, -0.25) is 4.79 Å². The molecule has 0 spiro atoms. The molecule has 0 bridgehead atoms. The summed E-state index contributed by atoms with van der Waals surface area (Å²) in [6, 6.07) is 3.21. The molecule has 1 aromatic rings. The van der Waals surface area contributed by atoms with Gasteiger partial charge in [0.15, 0.2) is 5.78 Å². The van der Waals surface area contributed by atoms with Crippen molar-refractivity contribution in [3.05, 3.63) is 41.6 Å². The number of rotatable bonds is 4. The van der Waals surface area contributed by atoms with Crippen molar-refractivity contribution < 1.29 is 18.0 Å². The fraction of sp³-hybridized carbons (Fsp3) is 0.308. The molecule has 0 heterocycles. The van der Waals surface area contributed by atoms with Crippen LogP contribution < -0.4 is 0 Å². The molecule has 0 aliphatic rings. The van der Waals surface area contributed by atoms with E-state index in [1.165, 1.54) is 30.1 Å². The van der Waals surface area contributed by atoms with E-state index in [2.05, 4.69) is 0 Å². The van der Waals surface area contributed by atoms with Crippen molar-refractivity contribution in [1.29, 1.82) is 0 Å². The maximum atomic E-state index is 12.6. The van der Waals surface area contributed by atoms with Crippen LogP contribution in [0.4, 0.5) is 13.2 Å². The summed E-state index contributed by atoms with van der Waals surface area (Å²) in [6.07, 6.45) is 0.0359. The van der Waals surface area contributed by atoms with E-state index in [0.717, 1.165) is 12.1 Å². The van der Waals surface area contributed by atoms with Crippen molar-refractivity contribution in [3.8, 4) is 0 Å². The molecule has 0 atom stereocenters. The Morgan fingerprint density at radius 2 is 1.95 bits per heavy atom. The summed E-state index contributed by atoms with van der Waals surface area (Å²) in [5.74, 6) is -0.441. The van der Waals surface area contributed by atoms with Crippen LogP contribution in [-0.4, -0.2) is 31.0 Å². The van der Waals surface area contributed by atoms with E-state index < -0.39 is 17.5 Å². The van der Waals surface area contributed by atoms with Crippen molar-refractivity contribution in [2.75, 3.05) is 20.4 Å². The number of ketones is 1. The molecule has 6 heteroatoms. The normalized spacial score (nSPS) is 11.9. The molecule has 104 valence electrons. The zero-order valence-electron chi connectivity index (χ0n) is 10.8. The fourth-order valence-electron chi connectivity index (χ4n) is 1.38. The van der Waals surface area contributed by atoms with Crippen LogP contribution in [0, 0.1) is 0 Å². The van der Waals surface area contributed by atoms with Crippen LogP contribution in [-0.2, 0) is 6.18 Å². The maximum absolute atomic E-state index is 12.6. The topological polar surface area (TPSA) is 20.3 Å². The second-order valence-corrected chi connectivity index (χ2v) is 4.90. The minimum atomic E-state index is -4.45. The predicted octanol–water partition coefficient (Wildman–Crippen LogP) is 3.69. The average Bonchev–Trinajstić information content (AvgIpc) is 2.33. The first kappa shape index (κ1) is 15.6. The third-order valence-corrected chi connectivity index (χ3v) is 3.11. The quantitative estimate of drug-likeness (QED) is 0.479. The highest BCUT2D eigenvalue weighted by Gasteiger charge is 2.31. The number of hydrogen-bond acceptors (Lipinski definition) is 3. The summed E-state index contributed by atoms with van der Waals surface area (Å²) in [5, 5.41) is 0. The average molecular weight is 289 g/mol. The predicted molar refractivity (Wildman–Crippen MR) is 70.4 cm³/mol. The highest BCUT2D eigenvalue weighted by atomic mass is 32.2. The number of thioether (sulfide) groups is 1. The number of carbonyl (C=O) groups is 1. The second kappa shape index (κ2) is 6.14. The van der Waals surface area contributed by atoms with Crippen LogP contribution in [0.25, 0.3) is 0 Å². The van der Waals surface area contributed by atoms with Crippen LogP contribution in [0.1, 0.15) is 15.9 Å². The molecular weight excluding hydrogens is 275 g/mol. The molecule has 0 saturated carbocycles. The number of alkyl halides is 3. The Morgan fingerprint density at radius 3 is 2.42 bits per heavy atom. The zero-order valence-corrected chi connectivity index (χ0v) is 11.6. The first-order valence-electron chi connectivity index (χ1n) is 5.40. The highest BCUT2D eigenvalue weighted by molar-refractivity contribution is 7.98. The number of nitrogens with zero attached hydrogens (tertiary/aromatic N) is 1. The molecule has 0 radical (unpaired) electrons. The summed E-state index contributed by atoms with van der Waals surface area (Å²) in [5.41, 5.74) is -0.743. The lowest BCUT2D eigenvalue weighted by atomic mass is 10.1. The summed E-state index contributed by atoms with van der Waals surface area (Å²) in [4.78, 5) is 14.1. The van der Waals surface area contributed by atoms with Gasteiger partial charge in [-0.1, -0.05) is 0 Å². The Balaban J connectivity index is 3.20. The van der Waals surface area contributed by atoms with Gasteiger partial charge in [0.25, 0.3) is 0 Å². The van der Waals surface area contributed by atoms with Crippen LogP contribution in [0.5, 0.6) is 0 Å². The first-order chi connectivity index (χ1) is 8.75. The van der Waals surface area contributed by atoms with E-state index in [9.17, 15) is 18.0 Å². The number of hydrogen-bond donors (Lipinski definition) is 0. The van der Waals surface area contributed by atoms with Gasteiger partial charge in [0.05, 0.1) is 5.56 Å². The van der Waals surface area contributed by atoms with Gasteiger partial charge in [-0.15, -0.1) is 11.8 Å². The Morgan fingerprint density at radius 1 is 1.32 bits per heavy atom. The molecule has 0 saturated heterocycles. The molecule has 0 aromatic heterocycles. The van der Waals surface area contributed by atoms with Crippen LogP contribution in [0.3, 0.4) is 0 Å². The molecule has 0 amide bonds. The van der Waals surface area contributed by atoms with Gasteiger partial charge < -0.3 is 4.90 Å². The van der Waals surface area contributed by atoms with Gasteiger partial charge in [-0.05, 0) is 24.5 Å². The summed E-state index contributed by atoms with van der Waals surface area (Å²) < 4.78 is 37.9. The van der Waals surface area contributed by atoms with E-state index in [0.29, 0.717) is 4.90 Å². The number of benzene rings is 1. The van der Waals surface area contributed by atoms with Crippen LogP contribution >= 0.6 is 11.8 Å². The minimum Gasteiger partial charge on any atom is -0.383 e. The smallest absolute Gasteiger partial charge is 0.383 e. The van der Waals surface area contributed by atoms with Crippen LogP contribution in [0.2, 0.25) is 0 Å². The van der Waals surface area contributed by atoms with Crippen molar-refractivity contribution in [3.63, 3.8) is 0 Å². The Labute approximate surface area is 114 Å². The van der Waals surface area contributed by atoms with Gasteiger partial charge in [-0.2, -0.15) is 13.2 Å². The van der Waals surface area contributed by atoms with Crippen molar-refractivity contribution >= 4 is 17.5 Å². The molecule has 1 aromatic carbocycles. The number of allylic oxidation sites excluding steroid dienone is 1. The van der Waals surface area contributed by atoms with Gasteiger partial charge in [0.1, 0.15) is 0 Å². The SMILES string of the molecule is CSc1ccc(C(F)(F)F)cc1C(=O)/C=C/N(C)C. The van der Waals surface area contributed by atoms with Gasteiger partial charge >= 0.3 is 6.18 Å². The molecule has 19 heavy (non-hydrogen) atoms. The lowest BCUT2D eigenvalue weighted by Gasteiger charge is -2.11. The summed E-state index contributed by atoms with van der Waals surface area (Å²) in [7, 11) is 3.46. The Bertz CT molecular complexity index is 495. The monoisotopic (exact) mass is 289 g/mol. The fourth-order valence-corrected chi connectivity index (χ4v) is 1.97. The van der Waals surface area contributed by atoms with Crippen LogP contribution in [0.15, 0.2) is 35.4 Å². The van der Waals surface area contributed by atoms with Crippen molar-refractivity contribution in [2.24, 2.45) is 0 Å². The lowest BCUT2D eigenvalue weighted by molar-refractivity contribution is -0.137. The zero-order chi connectivity index (χ0) is 14.6. The number of carbonyl (C=O) groups excluding carboxylic acids is 1. The lowest BCUT2D eigenvalue weighted by Crippen LogP contribution is -2.08. The third-order valence-electron chi connectivity index (χ3n) is 2.32. The molecule has 0 N–H and O–H groups in total.